The molecule has 6 unspecified atom stereocenters. The summed E-state index contributed by atoms with van der Waals surface area (Å²) in [7, 11) is 0. The summed E-state index contributed by atoms with van der Waals surface area (Å²) in [4.78, 5) is 29.6. The minimum absolute atomic E-state index is 0.131. The first-order valence-corrected chi connectivity index (χ1v) is 10.2. The van der Waals surface area contributed by atoms with Gasteiger partial charge in [0.15, 0.2) is 11.3 Å². The van der Waals surface area contributed by atoms with Crippen molar-refractivity contribution in [1.29, 1.82) is 0 Å². The highest BCUT2D eigenvalue weighted by molar-refractivity contribution is 6.00. The number of para-hydroxylation sites is 2. The van der Waals surface area contributed by atoms with Crippen LogP contribution >= 0.6 is 0 Å². The van der Waals surface area contributed by atoms with Gasteiger partial charge in [-0.05, 0) is 12.1 Å². The second-order valence-corrected chi connectivity index (χ2v) is 8.84. The van der Waals surface area contributed by atoms with Crippen molar-refractivity contribution < 1.29 is 18.4 Å². The fourth-order valence-electron chi connectivity index (χ4n) is 6.22. The molecule has 152 valence electrons. The Labute approximate surface area is 170 Å². The zero-order valence-electron chi connectivity index (χ0n) is 15.8. The first-order valence-electron chi connectivity index (χ1n) is 10.2. The fraction of sp³-hybridized carbons (Fsp3) is 0.364. The van der Waals surface area contributed by atoms with Gasteiger partial charge in [0.1, 0.15) is 24.4 Å². The molecule has 5 aliphatic rings. The Bertz CT molecular complexity index is 1070. The molecule has 2 aromatic rings. The average Bonchev–Trinajstić information content (AvgIpc) is 3.39. The van der Waals surface area contributed by atoms with E-state index in [1.54, 1.807) is 48.5 Å². The molecule has 7 rings (SSSR count). The molecular formula is C22H18F2N4O2. The van der Waals surface area contributed by atoms with Gasteiger partial charge in [-0.3, -0.25) is 9.59 Å². The molecule has 5 aliphatic heterocycles. The van der Waals surface area contributed by atoms with Crippen LogP contribution in [0, 0.1) is 0 Å². The number of nitrogens with one attached hydrogen (secondary N) is 2. The summed E-state index contributed by atoms with van der Waals surface area (Å²) < 4.78 is 32.3. The van der Waals surface area contributed by atoms with E-state index in [1.807, 2.05) is 0 Å². The SMILES string of the molecule is O=C1C2CC3(F)c4ccccc4NC3N2C(=O)C2CC3(F)c4ccccc4NC3N12. The summed E-state index contributed by atoms with van der Waals surface area (Å²) in [5, 5.41) is 6.19. The predicted molar refractivity (Wildman–Crippen MR) is 104 cm³/mol. The van der Waals surface area contributed by atoms with Gasteiger partial charge in [0, 0.05) is 35.3 Å². The number of anilines is 2. The topological polar surface area (TPSA) is 64.7 Å². The Morgan fingerprint density at radius 2 is 1.13 bits per heavy atom. The summed E-state index contributed by atoms with van der Waals surface area (Å²) in [6.07, 6.45) is -2.16. The van der Waals surface area contributed by atoms with Crippen LogP contribution in [0.2, 0.25) is 0 Å². The molecule has 0 aliphatic carbocycles. The molecule has 2 amide bonds. The van der Waals surface area contributed by atoms with Crippen molar-refractivity contribution in [3.8, 4) is 0 Å². The number of amides is 2. The largest absolute Gasteiger partial charge is 0.362 e. The smallest absolute Gasteiger partial charge is 0.248 e. The number of nitrogens with zero attached hydrogens (tertiary/aromatic N) is 2. The van der Waals surface area contributed by atoms with Gasteiger partial charge in [-0.25, -0.2) is 8.78 Å². The first-order chi connectivity index (χ1) is 14.4. The maximum atomic E-state index is 16.2. The molecule has 6 nitrogen and oxygen atoms in total. The number of carbonyl (C=O) groups is 2. The van der Waals surface area contributed by atoms with Gasteiger partial charge in [-0.2, -0.15) is 0 Å². The molecule has 0 spiro atoms. The average molecular weight is 408 g/mol. The first kappa shape index (κ1) is 16.6. The molecule has 30 heavy (non-hydrogen) atoms. The van der Waals surface area contributed by atoms with Crippen molar-refractivity contribution in [3.63, 3.8) is 0 Å². The number of fused-ring (bicyclic) bond motifs is 10. The van der Waals surface area contributed by atoms with Crippen LogP contribution in [0.1, 0.15) is 24.0 Å². The quantitative estimate of drug-likeness (QED) is 0.703. The third kappa shape index (κ3) is 1.64. The van der Waals surface area contributed by atoms with Gasteiger partial charge in [0.05, 0.1) is 0 Å². The van der Waals surface area contributed by atoms with Gasteiger partial charge in [-0.1, -0.05) is 36.4 Å². The summed E-state index contributed by atoms with van der Waals surface area (Å²) in [5.41, 5.74) is -1.48. The van der Waals surface area contributed by atoms with E-state index in [0.717, 1.165) is 0 Å². The van der Waals surface area contributed by atoms with Gasteiger partial charge in [0.2, 0.25) is 11.8 Å². The molecule has 2 aromatic carbocycles. The normalized spacial score (nSPS) is 39.5. The highest BCUT2D eigenvalue weighted by atomic mass is 19.1. The Morgan fingerprint density at radius 3 is 1.57 bits per heavy atom. The van der Waals surface area contributed by atoms with E-state index >= 15 is 8.78 Å². The van der Waals surface area contributed by atoms with Gasteiger partial charge in [0.25, 0.3) is 0 Å². The summed E-state index contributed by atoms with van der Waals surface area (Å²) >= 11 is 0. The van der Waals surface area contributed by atoms with E-state index in [9.17, 15) is 9.59 Å². The minimum atomic E-state index is -1.84. The molecule has 2 N–H and O–H groups in total. The van der Waals surface area contributed by atoms with Crippen LogP contribution < -0.4 is 10.6 Å². The number of hydrogen-bond acceptors (Lipinski definition) is 4. The number of carbonyl (C=O) groups excluding carboxylic acids is 2. The lowest BCUT2D eigenvalue weighted by atomic mass is 9.92. The van der Waals surface area contributed by atoms with E-state index < -0.39 is 47.6 Å². The maximum Gasteiger partial charge on any atom is 0.248 e. The number of benzene rings is 2. The van der Waals surface area contributed by atoms with Crippen LogP contribution in [0.15, 0.2) is 48.5 Å². The van der Waals surface area contributed by atoms with Crippen LogP contribution in [-0.2, 0) is 20.9 Å². The second-order valence-electron chi connectivity index (χ2n) is 8.84. The zero-order valence-corrected chi connectivity index (χ0v) is 15.8. The summed E-state index contributed by atoms with van der Waals surface area (Å²) in [6.45, 7) is 0. The molecule has 6 atom stereocenters. The minimum Gasteiger partial charge on any atom is -0.362 e. The standard InChI is InChI=1S/C22H18F2N4O2/c23-21-9-15-17(29)28-16(10-22(24)12-6-2-4-8-14(12)26-20(22)28)18(30)27(15)19(21)25-13-7-3-1-5-11(13)21/h1-8,15-16,19-20,25-26H,9-10H2. The fourth-order valence-corrected chi connectivity index (χ4v) is 6.22. The van der Waals surface area contributed by atoms with Crippen LogP contribution in [-0.4, -0.2) is 46.0 Å². The van der Waals surface area contributed by atoms with Crippen molar-refractivity contribution in [3.05, 3.63) is 59.7 Å². The molecule has 8 heteroatoms. The van der Waals surface area contributed by atoms with Crippen molar-refractivity contribution in [2.75, 3.05) is 10.6 Å². The summed E-state index contributed by atoms with van der Waals surface area (Å²) in [6, 6.07) is 12.1. The zero-order chi connectivity index (χ0) is 20.4. The molecule has 0 saturated carbocycles. The molecule has 0 aromatic heterocycles. The molecule has 3 fully saturated rings. The van der Waals surface area contributed by atoms with E-state index in [0.29, 0.717) is 22.5 Å². The van der Waals surface area contributed by atoms with Crippen molar-refractivity contribution >= 4 is 23.2 Å². The van der Waals surface area contributed by atoms with Crippen LogP contribution in [0.25, 0.3) is 0 Å². The molecular weight excluding hydrogens is 390 g/mol. The lowest BCUT2D eigenvalue weighted by Gasteiger charge is -2.42. The second kappa shape index (κ2) is 4.94. The van der Waals surface area contributed by atoms with Crippen molar-refractivity contribution in [2.45, 2.75) is 48.6 Å². The van der Waals surface area contributed by atoms with E-state index in [-0.39, 0.29) is 12.8 Å². The number of rotatable bonds is 0. The molecule has 3 saturated heterocycles. The third-order valence-electron chi connectivity index (χ3n) is 7.49. The van der Waals surface area contributed by atoms with E-state index in [1.165, 1.54) is 9.80 Å². The third-order valence-corrected chi connectivity index (χ3v) is 7.49. The van der Waals surface area contributed by atoms with E-state index in [4.69, 9.17) is 0 Å². The van der Waals surface area contributed by atoms with Crippen molar-refractivity contribution in [1.82, 2.24) is 9.80 Å². The Kier molecular flexibility index (Phi) is 2.73. The predicted octanol–water partition coefficient (Wildman–Crippen LogP) is 2.43. The van der Waals surface area contributed by atoms with Gasteiger partial charge < -0.3 is 20.4 Å². The Hall–Kier alpha value is -3.16. The summed E-state index contributed by atoms with van der Waals surface area (Å²) in [5.74, 6) is -0.787. The van der Waals surface area contributed by atoms with Gasteiger partial charge >= 0.3 is 0 Å². The van der Waals surface area contributed by atoms with Gasteiger partial charge in [-0.15, -0.1) is 0 Å². The highest BCUT2D eigenvalue weighted by Gasteiger charge is 2.71. The Morgan fingerprint density at radius 1 is 0.733 bits per heavy atom. The number of halogens is 2. The molecule has 0 bridgehead atoms. The lowest BCUT2D eigenvalue weighted by Crippen LogP contribution is -2.65. The van der Waals surface area contributed by atoms with Crippen LogP contribution in [0.4, 0.5) is 20.2 Å². The number of piperazine rings is 1. The van der Waals surface area contributed by atoms with Crippen LogP contribution in [0.3, 0.4) is 0 Å². The molecule has 5 heterocycles. The lowest BCUT2D eigenvalue weighted by molar-refractivity contribution is -0.160. The maximum absolute atomic E-state index is 16.2. The molecule has 0 radical (unpaired) electrons. The monoisotopic (exact) mass is 408 g/mol. The Balaban J connectivity index is 1.31. The van der Waals surface area contributed by atoms with Crippen molar-refractivity contribution in [2.24, 2.45) is 0 Å². The number of hydrogen-bond donors (Lipinski definition) is 2. The highest BCUT2D eigenvalue weighted by Crippen LogP contribution is 2.58. The number of alkyl halides is 2. The van der Waals surface area contributed by atoms with E-state index in [2.05, 4.69) is 10.6 Å². The van der Waals surface area contributed by atoms with Crippen LogP contribution in [0.5, 0.6) is 0 Å².